The van der Waals surface area contributed by atoms with E-state index < -0.39 is 0 Å². The molecule has 0 bridgehead atoms. The average molecular weight is 254 g/mol. The van der Waals surface area contributed by atoms with Gasteiger partial charge in [0.1, 0.15) is 0 Å². The van der Waals surface area contributed by atoms with Crippen LogP contribution in [-0.4, -0.2) is 50.3 Å². The van der Waals surface area contributed by atoms with Crippen molar-refractivity contribution in [3.8, 4) is 0 Å². The molecule has 2 fully saturated rings. The molecule has 1 saturated carbocycles. The highest BCUT2D eigenvalue weighted by molar-refractivity contribution is 4.86. The fraction of sp³-hybridized carbons (Fsp3) is 1.00. The van der Waals surface area contributed by atoms with Gasteiger partial charge in [-0.3, -0.25) is 4.90 Å². The molecule has 1 saturated heterocycles. The van der Waals surface area contributed by atoms with E-state index in [1.54, 1.807) is 0 Å². The van der Waals surface area contributed by atoms with Crippen LogP contribution in [0.1, 0.15) is 39.5 Å². The molecule has 1 aliphatic carbocycles. The summed E-state index contributed by atoms with van der Waals surface area (Å²) >= 11 is 0. The Bertz CT molecular complexity index is 223. The lowest BCUT2D eigenvalue weighted by molar-refractivity contribution is 0.0760. The van der Waals surface area contributed by atoms with E-state index in [4.69, 9.17) is 4.74 Å². The summed E-state index contributed by atoms with van der Waals surface area (Å²) in [6.45, 7) is 11.1. The third-order valence-corrected chi connectivity index (χ3v) is 3.99. The molecule has 18 heavy (non-hydrogen) atoms. The molecular formula is C15H30N2O. The van der Waals surface area contributed by atoms with Crippen LogP contribution in [0, 0.1) is 11.8 Å². The molecular weight excluding hydrogens is 224 g/mol. The van der Waals surface area contributed by atoms with Crippen LogP contribution in [0.4, 0.5) is 0 Å². The highest BCUT2D eigenvalue weighted by Crippen LogP contribution is 2.28. The van der Waals surface area contributed by atoms with Crippen LogP contribution in [0.15, 0.2) is 0 Å². The van der Waals surface area contributed by atoms with Crippen molar-refractivity contribution in [1.29, 1.82) is 0 Å². The summed E-state index contributed by atoms with van der Waals surface area (Å²) in [7, 11) is 0. The minimum atomic E-state index is 0.656. The summed E-state index contributed by atoms with van der Waals surface area (Å²) in [5, 5.41) is 3.45. The maximum atomic E-state index is 5.74. The van der Waals surface area contributed by atoms with Crippen molar-refractivity contribution in [2.45, 2.75) is 45.6 Å². The number of hydrogen-bond acceptors (Lipinski definition) is 3. The van der Waals surface area contributed by atoms with Crippen molar-refractivity contribution in [3.63, 3.8) is 0 Å². The molecule has 3 nitrogen and oxygen atoms in total. The number of piperidine rings is 1. The van der Waals surface area contributed by atoms with E-state index >= 15 is 0 Å². The van der Waals surface area contributed by atoms with Crippen LogP contribution in [0.2, 0.25) is 0 Å². The number of nitrogens with one attached hydrogen (secondary N) is 1. The zero-order chi connectivity index (χ0) is 12.8. The summed E-state index contributed by atoms with van der Waals surface area (Å²) in [4.78, 5) is 2.69. The van der Waals surface area contributed by atoms with Crippen LogP contribution < -0.4 is 5.32 Å². The van der Waals surface area contributed by atoms with Crippen LogP contribution in [-0.2, 0) is 4.74 Å². The highest BCUT2D eigenvalue weighted by Gasteiger charge is 2.30. The standard InChI is InChI=1S/C15H30N2O/c1-13(2)12-18-10-9-17(15-3-4-15)11-14-5-7-16-8-6-14/h13-16H,3-12H2,1-2H3. The molecule has 0 aromatic heterocycles. The van der Waals surface area contributed by atoms with Crippen molar-refractivity contribution >= 4 is 0 Å². The first-order chi connectivity index (χ1) is 8.75. The molecule has 3 heteroatoms. The minimum absolute atomic E-state index is 0.656. The zero-order valence-electron chi connectivity index (χ0n) is 12.2. The van der Waals surface area contributed by atoms with Gasteiger partial charge in [0.2, 0.25) is 0 Å². The summed E-state index contributed by atoms with van der Waals surface area (Å²) in [5.41, 5.74) is 0. The smallest absolute Gasteiger partial charge is 0.0593 e. The SMILES string of the molecule is CC(C)COCCN(CC1CCNCC1)C1CC1. The molecule has 0 spiro atoms. The van der Waals surface area contributed by atoms with Crippen LogP contribution in [0.3, 0.4) is 0 Å². The number of ether oxygens (including phenoxy) is 1. The Morgan fingerprint density at radius 3 is 2.50 bits per heavy atom. The fourth-order valence-corrected chi connectivity index (χ4v) is 2.76. The lowest BCUT2D eigenvalue weighted by Gasteiger charge is -2.30. The molecule has 0 aromatic rings. The van der Waals surface area contributed by atoms with Crippen molar-refractivity contribution in [1.82, 2.24) is 10.2 Å². The third kappa shape index (κ3) is 5.25. The molecule has 0 aromatic carbocycles. The lowest BCUT2D eigenvalue weighted by Crippen LogP contribution is -2.38. The Hall–Kier alpha value is -0.120. The number of nitrogens with zero attached hydrogens (tertiary/aromatic N) is 1. The maximum absolute atomic E-state index is 5.74. The van der Waals surface area contributed by atoms with Gasteiger partial charge in [0.25, 0.3) is 0 Å². The Kier molecular flexibility index (Phi) is 5.93. The van der Waals surface area contributed by atoms with Crippen molar-refractivity contribution < 1.29 is 4.74 Å². The van der Waals surface area contributed by atoms with Crippen molar-refractivity contribution in [3.05, 3.63) is 0 Å². The highest BCUT2D eigenvalue weighted by atomic mass is 16.5. The van der Waals surface area contributed by atoms with Gasteiger partial charge in [0.05, 0.1) is 6.61 Å². The minimum Gasteiger partial charge on any atom is -0.380 e. The van der Waals surface area contributed by atoms with Crippen LogP contribution in [0.25, 0.3) is 0 Å². The molecule has 1 aliphatic heterocycles. The van der Waals surface area contributed by atoms with E-state index in [0.717, 1.165) is 31.7 Å². The molecule has 0 amide bonds. The fourth-order valence-electron chi connectivity index (χ4n) is 2.76. The molecule has 1 N–H and O–H groups in total. The quantitative estimate of drug-likeness (QED) is 0.672. The second-order valence-electron chi connectivity index (χ2n) is 6.39. The van der Waals surface area contributed by atoms with Gasteiger partial charge in [-0.15, -0.1) is 0 Å². The van der Waals surface area contributed by atoms with Gasteiger partial charge < -0.3 is 10.1 Å². The first-order valence-electron chi connectivity index (χ1n) is 7.78. The normalized spacial score (nSPS) is 22.0. The summed E-state index contributed by atoms with van der Waals surface area (Å²) < 4.78 is 5.74. The van der Waals surface area contributed by atoms with E-state index in [9.17, 15) is 0 Å². The molecule has 0 radical (unpaired) electrons. The number of hydrogen-bond donors (Lipinski definition) is 1. The molecule has 0 unspecified atom stereocenters. The molecule has 2 aliphatic rings. The molecule has 2 rings (SSSR count). The van der Waals surface area contributed by atoms with E-state index in [1.165, 1.54) is 45.3 Å². The van der Waals surface area contributed by atoms with Gasteiger partial charge in [-0.1, -0.05) is 13.8 Å². The second-order valence-corrected chi connectivity index (χ2v) is 6.39. The Labute approximate surface area is 112 Å². The largest absolute Gasteiger partial charge is 0.380 e. The molecule has 1 heterocycles. The van der Waals surface area contributed by atoms with Gasteiger partial charge >= 0.3 is 0 Å². The topological polar surface area (TPSA) is 24.5 Å². The van der Waals surface area contributed by atoms with Gasteiger partial charge in [-0.25, -0.2) is 0 Å². The lowest BCUT2D eigenvalue weighted by atomic mass is 9.97. The van der Waals surface area contributed by atoms with Gasteiger partial charge in [-0.05, 0) is 50.6 Å². The Balaban J connectivity index is 1.64. The Morgan fingerprint density at radius 1 is 1.17 bits per heavy atom. The molecule has 0 atom stereocenters. The van der Waals surface area contributed by atoms with E-state index in [0.29, 0.717) is 5.92 Å². The summed E-state index contributed by atoms with van der Waals surface area (Å²) in [5.74, 6) is 1.57. The summed E-state index contributed by atoms with van der Waals surface area (Å²) in [6.07, 6.45) is 5.54. The Morgan fingerprint density at radius 2 is 1.89 bits per heavy atom. The predicted octanol–water partition coefficient (Wildman–Crippen LogP) is 2.12. The average Bonchev–Trinajstić information content (AvgIpc) is 3.18. The van der Waals surface area contributed by atoms with Crippen LogP contribution >= 0.6 is 0 Å². The second kappa shape index (κ2) is 7.46. The van der Waals surface area contributed by atoms with Gasteiger partial charge in [-0.2, -0.15) is 0 Å². The van der Waals surface area contributed by atoms with E-state index in [-0.39, 0.29) is 0 Å². The van der Waals surface area contributed by atoms with Crippen LogP contribution in [0.5, 0.6) is 0 Å². The van der Waals surface area contributed by atoms with E-state index in [2.05, 4.69) is 24.1 Å². The maximum Gasteiger partial charge on any atom is 0.0593 e. The monoisotopic (exact) mass is 254 g/mol. The predicted molar refractivity (Wildman–Crippen MR) is 75.8 cm³/mol. The van der Waals surface area contributed by atoms with Crippen molar-refractivity contribution in [2.24, 2.45) is 11.8 Å². The van der Waals surface area contributed by atoms with E-state index in [1.807, 2.05) is 0 Å². The van der Waals surface area contributed by atoms with Gasteiger partial charge in [0.15, 0.2) is 0 Å². The first kappa shape index (κ1) is 14.3. The first-order valence-corrected chi connectivity index (χ1v) is 7.78. The summed E-state index contributed by atoms with van der Waals surface area (Å²) in [6, 6.07) is 0.877. The third-order valence-electron chi connectivity index (χ3n) is 3.99. The number of rotatable bonds is 8. The molecule has 106 valence electrons. The zero-order valence-corrected chi connectivity index (χ0v) is 12.2. The van der Waals surface area contributed by atoms with Gasteiger partial charge in [0, 0.05) is 25.7 Å². The van der Waals surface area contributed by atoms with Crippen molar-refractivity contribution in [2.75, 3.05) is 39.4 Å².